The third-order valence-corrected chi connectivity index (χ3v) is 4.89. The number of benzene rings is 2. The van der Waals surface area contributed by atoms with E-state index in [2.05, 4.69) is 20.5 Å². The number of pyridine rings is 1. The van der Waals surface area contributed by atoms with Gasteiger partial charge in [0.15, 0.2) is 6.04 Å². The van der Waals surface area contributed by atoms with E-state index in [1.165, 1.54) is 0 Å². The number of aromatic amines is 1. The molecule has 0 fully saturated rings. The molecule has 2 aromatic carbocycles. The number of rotatable bonds is 7. The molecule has 2 aromatic heterocycles. The Morgan fingerprint density at radius 3 is 2.50 bits per heavy atom. The fourth-order valence-electron chi connectivity index (χ4n) is 3.37. The Kier molecular flexibility index (Phi) is 6.36. The maximum Gasteiger partial charge on any atom is 0.334 e. The monoisotopic (exact) mass is 426 g/mol. The number of carbonyl (C=O) groups excluding carboxylic acids is 2. The third-order valence-electron chi connectivity index (χ3n) is 4.89. The summed E-state index contributed by atoms with van der Waals surface area (Å²) >= 11 is 0. The van der Waals surface area contributed by atoms with Gasteiger partial charge in [-0.1, -0.05) is 54.6 Å². The van der Waals surface area contributed by atoms with Crippen LogP contribution in [0.5, 0.6) is 0 Å². The number of esters is 1. The van der Waals surface area contributed by atoms with Crippen molar-refractivity contribution in [2.45, 2.75) is 13.0 Å². The van der Waals surface area contributed by atoms with Gasteiger partial charge in [-0.05, 0) is 31.2 Å². The second-order valence-corrected chi connectivity index (χ2v) is 6.99. The van der Waals surface area contributed by atoms with E-state index in [1.54, 1.807) is 43.5 Å². The molecular weight excluding hydrogens is 404 g/mol. The molecule has 2 N–H and O–H groups in total. The molecule has 1 amide bonds. The van der Waals surface area contributed by atoms with E-state index in [0.29, 0.717) is 22.5 Å². The zero-order valence-corrected chi connectivity index (χ0v) is 17.5. The number of H-pyrrole nitrogens is 1. The van der Waals surface area contributed by atoms with Crippen LogP contribution < -0.4 is 5.32 Å². The number of carbonyl (C=O) groups is 2. The van der Waals surface area contributed by atoms with Gasteiger partial charge in [-0.25, -0.2) is 4.79 Å². The lowest BCUT2D eigenvalue weighted by molar-refractivity contribution is -0.145. The molecule has 0 aliphatic carbocycles. The van der Waals surface area contributed by atoms with Gasteiger partial charge in [-0.2, -0.15) is 5.10 Å². The summed E-state index contributed by atoms with van der Waals surface area (Å²) in [6.45, 7) is 1.91. The van der Waals surface area contributed by atoms with E-state index in [4.69, 9.17) is 4.74 Å². The molecule has 1 atom stereocenters. The zero-order chi connectivity index (χ0) is 22.3. The Bertz CT molecular complexity index is 1210. The lowest BCUT2D eigenvalue weighted by Gasteiger charge is -2.17. The number of aromatic nitrogens is 3. The normalized spacial score (nSPS) is 11.5. The molecule has 0 spiro atoms. The fourth-order valence-corrected chi connectivity index (χ4v) is 3.37. The van der Waals surface area contributed by atoms with Gasteiger partial charge in [0.25, 0.3) is 5.91 Å². The van der Waals surface area contributed by atoms with Crippen molar-refractivity contribution in [2.75, 3.05) is 6.61 Å². The minimum absolute atomic E-state index is 0.199. The van der Waals surface area contributed by atoms with Crippen molar-refractivity contribution in [1.29, 1.82) is 0 Å². The highest BCUT2D eigenvalue weighted by Crippen LogP contribution is 2.27. The number of ether oxygens (including phenoxy) is 1. The summed E-state index contributed by atoms with van der Waals surface area (Å²) < 4.78 is 5.15. The molecule has 0 aliphatic heterocycles. The summed E-state index contributed by atoms with van der Waals surface area (Å²) in [5.41, 5.74) is 3.91. The maximum atomic E-state index is 13.2. The van der Waals surface area contributed by atoms with Gasteiger partial charge >= 0.3 is 5.97 Å². The van der Waals surface area contributed by atoms with Crippen molar-refractivity contribution in [2.24, 2.45) is 0 Å². The van der Waals surface area contributed by atoms with E-state index < -0.39 is 17.9 Å². The van der Waals surface area contributed by atoms with E-state index in [0.717, 1.165) is 11.3 Å². The van der Waals surface area contributed by atoms with Crippen molar-refractivity contribution >= 4 is 11.9 Å². The van der Waals surface area contributed by atoms with Crippen LogP contribution in [0.4, 0.5) is 0 Å². The summed E-state index contributed by atoms with van der Waals surface area (Å²) in [6.07, 6.45) is 1.57. The molecule has 0 bridgehead atoms. The highest BCUT2D eigenvalue weighted by atomic mass is 16.5. The van der Waals surface area contributed by atoms with Crippen LogP contribution >= 0.6 is 0 Å². The standard InChI is InChI=1S/C25H22N4O3/c1-2-32-25(31)23(20-14-8-9-15-26-20)27-24(30)19-13-7-6-12-18(19)22-16-21(28-29-22)17-10-4-3-5-11-17/h3-16,23H,2H2,1H3,(H,27,30)(H,28,29). The molecule has 0 radical (unpaired) electrons. The van der Waals surface area contributed by atoms with E-state index in [9.17, 15) is 9.59 Å². The summed E-state index contributed by atoms with van der Waals surface area (Å²) in [5.74, 6) is -0.981. The van der Waals surface area contributed by atoms with Gasteiger partial charge in [0.1, 0.15) is 0 Å². The molecule has 160 valence electrons. The van der Waals surface area contributed by atoms with E-state index in [-0.39, 0.29) is 6.61 Å². The van der Waals surface area contributed by atoms with Crippen LogP contribution in [0.2, 0.25) is 0 Å². The van der Waals surface area contributed by atoms with Crippen LogP contribution in [0.1, 0.15) is 29.0 Å². The molecular formula is C25H22N4O3. The van der Waals surface area contributed by atoms with Crippen molar-refractivity contribution < 1.29 is 14.3 Å². The molecule has 0 saturated heterocycles. The second-order valence-electron chi connectivity index (χ2n) is 6.99. The minimum Gasteiger partial charge on any atom is -0.464 e. The summed E-state index contributed by atoms with van der Waals surface area (Å²) in [6, 6.07) is 23.0. The molecule has 2 heterocycles. The average molecular weight is 426 g/mol. The smallest absolute Gasteiger partial charge is 0.334 e. The fraction of sp³-hybridized carbons (Fsp3) is 0.120. The Morgan fingerprint density at radius 2 is 1.75 bits per heavy atom. The molecule has 32 heavy (non-hydrogen) atoms. The number of hydrogen-bond acceptors (Lipinski definition) is 5. The number of nitrogens with one attached hydrogen (secondary N) is 2. The topological polar surface area (TPSA) is 97.0 Å². The lowest BCUT2D eigenvalue weighted by atomic mass is 10.0. The minimum atomic E-state index is -1.02. The van der Waals surface area contributed by atoms with Crippen molar-refractivity contribution in [3.05, 3.63) is 96.3 Å². The predicted octanol–water partition coefficient (Wildman–Crippen LogP) is 4.17. The Balaban J connectivity index is 1.64. The van der Waals surface area contributed by atoms with Crippen LogP contribution in [0.15, 0.2) is 85.1 Å². The van der Waals surface area contributed by atoms with E-state index in [1.807, 2.05) is 48.5 Å². The molecule has 0 saturated carbocycles. The zero-order valence-electron chi connectivity index (χ0n) is 17.5. The van der Waals surface area contributed by atoms with Gasteiger partial charge in [0, 0.05) is 22.9 Å². The largest absolute Gasteiger partial charge is 0.464 e. The summed E-state index contributed by atoms with van der Waals surface area (Å²) in [4.78, 5) is 30.0. The SMILES string of the molecule is CCOC(=O)C(NC(=O)c1ccccc1-c1cc(-c2ccccc2)n[nH]1)c1ccccn1. The third kappa shape index (κ3) is 4.57. The quantitative estimate of drug-likeness (QED) is 0.432. The molecule has 4 aromatic rings. The van der Waals surface area contributed by atoms with Gasteiger partial charge in [0.2, 0.25) is 0 Å². The molecule has 1 unspecified atom stereocenters. The van der Waals surface area contributed by atoms with Crippen LogP contribution in [0.25, 0.3) is 22.5 Å². The molecule has 0 aliphatic rings. The second kappa shape index (κ2) is 9.70. The van der Waals surface area contributed by atoms with Gasteiger partial charge in [0.05, 0.1) is 23.7 Å². The van der Waals surface area contributed by atoms with Gasteiger partial charge < -0.3 is 10.1 Å². The highest BCUT2D eigenvalue weighted by molar-refractivity contribution is 6.02. The van der Waals surface area contributed by atoms with Crippen LogP contribution in [0, 0.1) is 0 Å². The lowest BCUT2D eigenvalue weighted by Crippen LogP contribution is -2.35. The number of amides is 1. The van der Waals surface area contributed by atoms with Crippen molar-refractivity contribution in [3.63, 3.8) is 0 Å². The van der Waals surface area contributed by atoms with Gasteiger partial charge in [-0.3, -0.25) is 14.9 Å². The predicted molar refractivity (Wildman–Crippen MR) is 121 cm³/mol. The van der Waals surface area contributed by atoms with Crippen molar-refractivity contribution in [3.8, 4) is 22.5 Å². The van der Waals surface area contributed by atoms with E-state index >= 15 is 0 Å². The molecule has 7 heteroatoms. The first kappa shape index (κ1) is 21.0. The Labute approximate surface area is 185 Å². The first-order chi connectivity index (χ1) is 15.7. The van der Waals surface area contributed by atoms with Crippen LogP contribution in [-0.2, 0) is 9.53 Å². The first-order valence-electron chi connectivity index (χ1n) is 10.3. The Morgan fingerprint density at radius 1 is 1.00 bits per heavy atom. The molecule has 7 nitrogen and oxygen atoms in total. The average Bonchev–Trinajstić information content (AvgIpc) is 3.34. The number of hydrogen-bond donors (Lipinski definition) is 2. The number of nitrogens with zero attached hydrogens (tertiary/aromatic N) is 2. The summed E-state index contributed by atoms with van der Waals surface area (Å²) in [5, 5.41) is 10.2. The van der Waals surface area contributed by atoms with Gasteiger partial charge in [-0.15, -0.1) is 0 Å². The Hall–Kier alpha value is -4.26. The first-order valence-corrected chi connectivity index (χ1v) is 10.3. The van der Waals surface area contributed by atoms with Crippen LogP contribution in [0.3, 0.4) is 0 Å². The summed E-state index contributed by atoms with van der Waals surface area (Å²) in [7, 11) is 0. The molecule has 4 rings (SSSR count). The highest BCUT2D eigenvalue weighted by Gasteiger charge is 2.27. The maximum absolute atomic E-state index is 13.2. The van der Waals surface area contributed by atoms with Crippen LogP contribution in [-0.4, -0.2) is 33.7 Å². The van der Waals surface area contributed by atoms with Crippen molar-refractivity contribution in [1.82, 2.24) is 20.5 Å².